The van der Waals surface area contributed by atoms with Gasteiger partial charge in [-0.1, -0.05) is 37.3 Å². The molecule has 2 N–H and O–H groups in total. The third-order valence-electron chi connectivity index (χ3n) is 4.26. The van der Waals surface area contributed by atoms with Crippen LogP contribution < -0.4 is 10.9 Å². The van der Waals surface area contributed by atoms with Gasteiger partial charge in [-0.3, -0.25) is 24.8 Å². The maximum absolute atomic E-state index is 13.0. The second-order valence-corrected chi connectivity index (χ2v) is 6.24. The summed E-state index contributed by atoms with van der Waals surface area (Å²) in [7, 11) is 0. The average molecular weight is 380 g/mol. The van der Waals surface area contributed by atoms with Gasteiger partial charge in [0.05, 0.1) is 22.8 Å². The van der Waals surface area contributed by atoms with E-state index in [1.165, 1.54) is 28.9 Å². The predicted octanol–water partition coefficient (Wildman–Crippen LogP) is 2.92. The summed E-state index contributed by atoms with van der Waals surface area (Å²) in [5.41, 5.74) is 1.04. The standard InChI is InChI=1S/C20H20N4O4/c1-2-12-21-13-17(25)18-19(14-6-4-3-5-7-14)22-23(20(18)26)15-8-10-16(11-9-15)24(27)28/h3-11,21-22H,2,12-13H2,1H3. The Bertz CT molecular complexity index is 1040. The van der Waals surface area contributed by atoms with Crippen molar-refractivity contribution < 1.29 is 9.72 Å². The number of benzene rings is 2. The average Bonchev–Trinajstić information content (AvgIpc) is 3.06. The van der Waals surface area contributed by atoms with Crippen molar-refractivity contribution in [2.75, 3.05) is 13.1 Å². The number of Topliss-reactive ketones (excluding diaryl/α,β-unsaturated/α-hetero) is 1. The van der Waals surface area contributed by atoms with Crippen LogP contribution in [0.4, 0.5) is 5.69 Å². The number of H-pyrrole nitrogens is 1. The molecule has 1 aromatic heterocycles. The van der Waals surface area contributed by atoms with E-state index in [0.717, 1.165) is 6.42 Å². The Morgan fingerprint density at radius 3 is 2.43 bits per heavy atom. The van der Waals surface area contributed by atoms with Gasteiger partial charge in [-0.05, 0) is 25.1 Å². The molecule has 0 saturated carbocycles. The van der Waals surface area contributed by atoms with Crippen molar-refractivity contribution in [3.05, 3.63) is 80.6 Å². The minimum absolute atomic E-state index is 0.0566. The summed E-state index contributed by atoms with van der Waals surface area (Å²) in [5, 5.41) is 16.9. The minimum Gasteiger partial charge on any atom is -0.310 e. The molecule has 8 nitrogen and oxygen atoms in total. The van der Waals surface area contributed by atoms with Gasteiger partial charge in [0, 0.05) is 17.7 Å². The molecule has 8 heteroatoms. The van der Waals surface area contributed by atoms with Crippen molar-refractivity contribution in [1.82, 2.24) is 15.1 Å². The first kappa shape index (κ1) is 19.2. The molecular formula is C20H20N4O4. The zero-order valence-corrected chi connectivity index (χ0v) is 15.3. The number of carbonyl (C=O) groups excluding carboxylic acids is 1. The third kappa shape index (κ3) is 3.91. The van der Waals surface area contributed by atoms with Crippen LogP contribution in [0.2, 0.25) is 0 Å². The number of nitrogens with one attached hydrogen (secondary N) is 2. The first-order valence-corrected chi connectivity index (χ1v) is 8.92. The van der Waals surface area contributed by atoms with E-state index in [1.54, 1.807) is 0 Å². The fourth-order valence-corrected chi connectivity index (χ4v) is 2.88. The molecule has 0 amide bonds. The molecular weight excluding hydrogens is 360 g/mol. The van der Waals surface area contributed by atoms with Gasteiger partial charge in [0.1, 0.15) is 5.56 Å². The van der Waals surface area contributed by atoms with Gasteiger partial charge in [0.15, 0.2) is 5.78 Å². The molecule has 0 radical (unpaired) electrons. The lowest BCUT2D eigenvalue weighted by atomic mass is 10.1. The zero-order valence-electron chi connectivity index (χ0n) is 15.3. The maximum atomic E-state index is 13.0. The fourth-order valence-electron chi connectivity index (χ4n) is 2.88. The van der Waals surface area contributed by atoms with E-state index in [2.05, 4.69) is 10.4 Å². The van der Waals surface area contributed by atoms with Gasteiger partial charge in [0.2, 0.25) is 0 Å². The zero-order chi connectivity index (χ0) is 20.1. The molecule has 0 aliphatic heterocycles. The first-order valence-electron chi connectivity index (χ1n) is 8.92. The highest BCUT2D eigenvalue weighted by Crippen LogP contribution is 2.22. The number of aromatic nitrogens is 2. The lowest BCUT2D eigenvalue weighted by Crippen LogP contribution is -2.28. The van der Waals surface area contributed by atoms with Gasteiger partial charge in [-0.15, -0.1) is 0 Å². The molecule has 3 aromatic rings. The molecule has 0 unspecified atom stereocenters. The second-order valence-electron chi connectivity index (χ2n) is 6.24. The summed E-state index contributed by atoms with van der Waals surface area (Å²) < 4.78 is 1.24. The number of ketones is 1. The molecule has 2 aromatic carbocycles. The van der Waals surface area contributed by atoms with E-state index in [1.807, 2.05) is 37.3 Å². The summed E-state index contributed by atoms with van der Waals surface area (Å²) in [5.74, 6) is -0.311. The molecule has 0 fully saturated rings. The van der Waals surface area contributed by atoms with Crippen molar-refractivity contribution in [3.63, 3.8) is 0 Å². The van der Waals surface area contributed by atoms with Crippen molar-refractivity contribution in [2.24, 2.45) is 0 Å². The number of hydrogen-bond acceptors (Lipinski definition) is 5. The maximum Gasteiger partial charge on any atom is 0.282 e. The fraction of sp³-hybridized carbons (Fsp3) is 0.200. The normalized spacial score (nSPS) is 10.8. The number of rotatable bonds is 8. The van der Waals surface area contributed by atoms with Crippen molar-refractivity contribution >= 4 is 11.5 Å². The van der Waals surface area contributed by atoms with E-state index in [0.29, 0.717) is 23.5 Å². The summed E-state index contributed by atoms with van der Waals surface area (Å²) in [4.78, 5) is 36.1. The molecule has 0 saturated heterocycles. The Labute approximate surface area is 161 Å². The number of nitro benzene ring substituents is 1. The number of carbonyl (C=O) groups is 1. The summed E-state index contributed by atoms with van der Waals surface area (Å²) in [6, 6.07) is 14.7. The van der Waals surface area contributed by atoms with E-state index < -0.39 is 10.5 Å². The topological polar surface area (TPSA) is 110 Å². The van der Waals surface area contributed by atoms with Gasteiger partial charge in [0.25, 0.3) is 11.2 Å². The van der Waals surface area contributed by atoms with Crippen LogP contribution in [0.3, 0.4) is 0 Å². The smallest absolute Gasteiger partial charge is 0.282 e. The first-order chi connectivity index (χ1) is 13.5. The van der Waals surface area contributed by atoms with Crippen LogP contribution in [-0.2, 0) is 0 Å². The van der Waals surface area contributed by atoms with Crippen LogP contribution in [-0.4, -0.2) is 33.6 Å². The lowest BCUT2D eigenvalue weighted by molar-refractivity contribution is -0.384. The molecule has 28 heavy (non-hydrogen) atoms. The Morgan fingerprint density at radius 2 is 1.82 bits per heavy atom. The Hall–Kier alpha value is -3.52. The molecule has 0 aliphatic carbocycles. The Morgan fingerprint density at radius 1 is 1.14 bits per heavy atom. The molecule has 0 aliphatic rings. The Kier molecular flexibility index (Phi) is 5.81. The summed E-state index contributed by atoms with van der Waals surface area (Å²) in [6.45, 7) is 2.72. The SMILES string of the molecule is CCCNCC(=O)c1c(-c2ccccc2)[nH]n(-c2ccc([N+](=O)[O-])cc2)c1=O. The van der Waals surface area contributed by atoms with Crippen LogP contribution in [0.1, 0.15) is 23.7 Å². The lowest BCUT2D eigenvalue weighted by Gasteiger charge is -2.03. The van der Waals surface area contributed by atoms with E-state index in [-0.39, 0.29) is 23.6 Å². The number of hydrogen-bond donors (Lipinski definition) is 2. The molecule has 0 bridgehead atoms. The van der Waals surface area contributed by atoms with Crippen molar-refractivity contribution in [1.29, 1.82) is 0 Å². The van der Waals surface area contributed by atoms with E-state index >= 15 is 0 Å². The highest BCUT2D eigenvalue weighted by molar-refractivity contribution is 6.02. The van der Waals surface area contributed by atoms with Crippen LogP contribution in [0.15, 0.2) is 59.4 Å². The second kappa shape index (κ2) is 8.45. The van der Waals surface area contributed by atoms with Crippen LogP contribution in [0.5, 0.6) is 0 Å². The number of aromatic amines is 1. The number of nitrogens with zero attached hydrogens (tertiary/aromatic N) is 2. The Balaban J connectivity index is 2.08. The van der Waals surface area contributed by atoms with Gasteiger partial charge in [-0.2, -0.15) is 0 Å². The monoisotopic (exact) mass is 380 g/mol. The number of nitro groups is 1. The van der Waals surface area contributed by atoms with Crippen molar-refractivity contribution in [2.45, 2.75) is 13.3 Å². The highest BCUT2D eigenvalue weighted by atomic mass is 16.6. The number of non-ortho nitro benzene ring substituents is 1. The third-order valence-corrected chi connectivity index (χ3v) is 4.26. The summed E-state index contributed by atoms with van der Waals surface area (Å²) in [6.07, 6.45) is 0.874. The van der Waals surface area contributed by atoms with E-state index in [9.17, 15) is 19.7 Å². The molecule has 3 rings (SSSR count). The predicted molar refractivity (Wildman–Crippen MR) is 106 cm³/mol. The molecule has 0 atom stereocenters. The van der Waals surface area contributed by atoms with Crippen LogP contribution in [0, 0.1) is 10.1 Å². The minimum atomic E-state index is -0.509. The quantitative estimate of drug-likeness (QED) is 0.270. The van der Waals surface area contributed by atoms with Gasteiger partial charge in [-0.25, -0.2) is 4.68 Å². The van der Waals surface area contributed by atoms with Crippen LogP contribution >= 0.6 is 0 Å². The van der Waals surface area contributed by atoms with Gasteiger partial charge >= 0.3 is 0 Å². The van der Waals surface area contributed by atoms with Crippen LogP contribution in [0.25, 0.3) is 16.9 Å². The highest BCUT2D eigenvalue weighted by Gasteiger charge is 2.22. The van der Waals surface area contributed by atoms with Gasteiger partial charge < -0.3 is 5.32 Å². The molecule has 1 heterocycles. The summed E-state index contributed by atoms with van der Waals surface area (Å²) >= 11 is 0. The van der Waals surface area contributed by atoms with E-state index in [4.69, 9.17) is 0 Å². The van der Waals surface area contributed by atoms with Crippen molar-refractivity contribution in [3.8, 4) is 16.9 Å². The largest absolute Gasteiger partial charge is 0.310 e. The molecule has 144 valence electrons. The molecule has 0 spiro atoms.